The third kappa shape index (κ3) is 9.38. The Kier molecular flexibility index (Phi) is 12.1. The van der Waals surface area contributed by atoms with Gasteiger partial charge in [0.2, 0.25) is 0 Å². The van der Waals surface area contributed by atoms with Crippen LogP contribution in [0.4, 0.5) is 4.79 Å². The molecule has 0 radical (unpaired) electrons. The molecule has 0 saturated heterocycles. The van der Waals surface area contributed by atoms with Crippen molar-refractivity contribution in [3.05, 3.63) is 71.0 Å². The molecular formula is C23H19I3N2O6S2. The van der Waals surface area contributed by atoms with Crippen molar-refractivity contribution in [1.82, 2.24) is 4.98 Å². The van der Waals surface area contributed by atoms with Crippen LogP contribution >= 0.6 is 89.4 Å². The van der Waals surface area contributed by atoms with Crippen LogP contribution in [-0.2, 0) is 16.0 Å². The molecule has 8 nitrogen and oxygen atoms in total. The number of aromatic nitrogens is 1. The Labute approximate surface area is 256 Å². The van der Waals surface area contributed by atoms with Crippen LogP contribution in [0, 0.1) is 10.7 Å². The molecule has 0 amide bonds. The molecule has 1 unspecified atom stereocenters. The number of aliphatic carboxylic acids is 1. The Morgan fingerprint density at radius 1 is 1.06 bits per heavy atom. The second-order valence-electron chi connectivity index (χ2n) is 7.01. The topological polar surface area (TPSA) is 121 Å². The van der Waals surface area contributed by atoms with E-state index in [4.69, 9.17) is 25.1 Å². The van der Waals surface area contributed by atoms with Crippen molar-refractivity contribution in [3.8, 4) is 17.2 Å². The van der Waals surface area contributed by atoms with Gasteiger partial charge in [-0.1, -0.05) is 16.9 Å². The molecule has 3 rings (SSSR count). The van der Waals surface area contributed by atoms with E-state index in [9.17, 15) is 9.59 Å². The van der Waals surface area contributed by atoms with E-state index in [0.717, 1.165) is 17.7 Å². The lowest BCUT2D eigenvalue weighted by Crippen LogP contribution is -2.32. The molecule has 2 aromatic carbocycles. The Morgan fingerprint density at radius 2 is 1.81 bits per heavy atom. The average molecular weight is 864 g/mol. The molecule has 0 saturated carbocycles. The van der Waals surface area contributed by atoms with Gasteiger partial charge in [0.05, 0.1) is 10.7 Å². The number of rotatable bonds is 11. The van der Waals surface area contributed by atoms with E-state index in [-0.39, 0.29) is 13.0 Å². The lowest BCUT2D eigenvalue weighted by atomic mass is 10.1. The van der Waals surface area contributed by atoms with Gasteiger partial charge in [-0.05, 0) is 133 Å². The maximum absolute atomic E-state index is 12.1. The fourth-order valence-corrected chi connectivity index (χ4v) is 7.11. The Hall–Kier alpha value is -1.02. The Bertz CT molecular complexity index is 1200. The maximum Gasteiger partial charge on any atom is 0.513 e. The normalized spacial score (nSPS) is 11.6. The lowest BCUT2D eigenvalue weighted by molar-refractivity contribution is -0.138. The third-order valence-corrected chi connectivity index (χ3v) is 8.99. The summed E-state index contributed by atoms with van der Waals surface area (Å²) in [6, 6.07) is 13.5. The minimum atomic E-state index is -1.04. The summed E-state index contributed by atoms with van der Waals surface area (Å²) >= 11 is 6.35. The number of nitrogens with two attached hydrogens (primary N) is 1. The molecule has 1 heterocycles. The van der Waals surface area contributed by atoms with Crippen molar-refractivity contribution in [2.24, 2.45) is 5.73 Å². The monoisotopic (exact) mass is 864 g/mol. The first kappa shape index (κ1) is 29.5. The number of nitrogens with zero attached hydrogens (tertiary/aromatic N) is 1. The van der Waals surface area contributed by atoms with Crippen molar-refractivity contribution < 1.29 is 28.9 Å². The first-order chi connectivity index (χ1) is 17.2. The molecule has 1 atom stereocenters. The highest BCUT2D eigenvalue weighted by Crippen LogP contribution is 2.35. The molecule has 0 aliphatic heterocycles. The number of carboxylic acids is 1. The highest BCUT2D eigenvalue weighted by atomic mass is 127. The summed E-state index contributed by atoms with van der Waals surface area (Å²) in [6.07, 6.45) is 1.18. The van der Waals surface area contributed by atoms with Crippen LogP contribution < -0.4 is 15.2 Å². The van der Waals surface area contributed by atoms with Crippen LogP contribution in [0.15, 0.2) is 59.8 Å². The summed E-state index contributed by atoms with van der Waals surface area (Å²) in [5.41, 5.74) is 6.47. The number of carboxylic acid groups (broad SMARTS) is 1. The number of hydrogen-bond acceptors (Lipinski definition) is 9. The third-order valence-electron chi connectivity index (χ3n) is 4.32. The molecule has 36 heavy (non-hydrogen) atoms. The highest BCUT2D eigenvalue weighted by molar-refractivity contribution is 14.1. The van der Waals surface area contributed by atoms with E-state index >= 15 is 0 Å². The summed E-state index contributed by atoms with van der Waals surface area (Å²) in [6.45, 7) is 0.214. The van der Waals surface area contributed by atoms with Gasteiger partial charge in [-0.25, -0.2) is 9.78 Å². The largest absolute Gasteiger partial charge is 0.513 e. The van der Waals surface area contributed by atoms with Crippen molar-refractivity contribution >= 4 is 101 Å². The molecule has 0 aliphatic rings. The maximum atomic E-state index is 12.1. The molecule has 13 heteroatoms. The predicted octanol–water partition coefficient (Wildman–Crippen LogP) is 6.60. The Morgan fingerprint density at radius 3 is 2.44 bits per heavy atom. The molecule has 0 spiro atoms. The van der Waals surface area contributed by atoms with Crippen molar-refractivity contribution in [2.45, 2.75) is 17.5 Å². The minimum absolute atomic E-state index is 0.214. The second kappa shape index (κ2) is 14.8. The van der Waals surface area contributed by atoms with Crippen molar-refractivity contribution in [1.29, 1.82) is 0 Å². The predicted molar refractivity (Wildman–Crippen MR) is 165 cm³/mol. The van der Waals surface area contributed by atoms with Crippen LogP contribution in [0.3, 0.4) is 0 Å². The molecule has 3 N–H and O–H groups in total. The second-order valence-corrected chi connectivity index (χ2v) is 12.9. The van der Waals surface area contributed by atoms with Gasteiger partial charge in [-0.2, -0.15) is 0 Å². The van der Waals surface area contributed by atoms with Crippen LogP contribution in [0.25, 0.3) is 0 Å². The van der Waals surface area contributed by atoms with Gasteiger partial charge in [0, 0.05) is 11.9 Å². The zero-order chi connectivity index (χ0) is 26.1. The number of halogens is 3. The summed E-state index contributed by atoms with van der Waals surface area (Å²) in [5, 5.41) is 9.93. The molecule has 0 fully saturated rings. The van der Waals surface area contributed by atoms with E-state index in [1.807, 2.05) is 30.3 Å². The lowest BCUT2D eigenvalue weighted by Gasteiger charge is -2.14. The standard InChI is InChI=1S/C23H19I3N2O6S2/c24-15-12-14(33-21-16(25)9-13(10-17(21)26)11-18(27)22(29)30)4-5-19(15)34-23(31)32-7-8-35-36-20-3-1-2-6-28-20/h1-6,9-10,12,18H,7-8,11,27H2,(H,29,30). The van der Waals surface area contributed by atoms with Crippen molar-refractivity contribution in [2.75, 3.05) is 12.4 Å². The number of hydrogen-bond donors (Lipinski definition) is 2. The van der Waals surface area contributed by atoms with Crippen LogP contribution in [0.2, 0.25) is 0 Å². The van der Waals surface area contributed by atoms with Gasteiger partial charge in [-0.15, -0.1) is 0 Å². The van der Waals surface area contributed by atoms with Crippen LogP contribution in [-0.4, -0.2) is 40.6 Å². The van der Waals surface area contributed by atoms with Gasteiger partial charge in [0.25, 0.3) is 0 Å². The summed E-state index contributed by atoms with van der Waals surface area (Å²) in [7, 11) is 3.05. The molecule has 0 aliphatic carbocycles. The van der Waals surface area contributed by atoms with E-state index in [1.54, 1.807) is 24.4 Å². The number of pyridine rings is 1. The summed E-state index contributed by atoms with van der Waals surface area (Å²) in [4.78, 5) is 27.3. The van der Waals surface area contributed by atoms with E-state index < -0.39 is 18.2 Å². The van der Waals surface area contributed by atoms with Crippen LogP contribution in [0.1, 0.15) is 5.56 Å². The smallest absolute Gasteiger partial charge is 0.480 e. The average Bonchev–Trinajstić information content (AvgIpc) is 2.83. The van der Waals surface area contributed by atoms with Crippen LogP contribution in [0.5, 0.6) is 17.2 Å². The van der Waals surface area contributed by atoms with Gasteiger partial charge in [0.15, 0.2) is 5.75 Å². The van der Waals surface area contributed by atoms with E-state index in [2.05, 4.69) is 72.8 Å². The molecule has 190 valence electrons. The SMILES string of the molecule is NC(Cc1cc(I)c(Oc2ccc(OC(=O)OCCSSc3ccccn3)c(I)c2)c(I)c1)C(=O)O. The first-order valence-electron chi connectivity index (χ1n) is 10.2. The molecular weight excluding hydrogens is 845 g/mol. The van der Waals surface area contributed by atoms with Gasteiger partial charge in [0.1, 0.15) is 29.2 Å². The fourth-order valence-electron chi connectivity index (χ4n) is 2.69. The number of ether oxygens (including phenoxy) is 3. The van der Waals surface area contributed by atoms with Gasteiger partial charge >= 0.3 is 12.1 Å². The minimum Gasteiger partial charge on any atom is -0.480 e. The first-order valence-corrected chi connectivity index (χ1v) is 15.8. The van der Waals surface area contributed by atoms with Crippen molar-refractivity contribution in [3.63, 3.8) is 0 Å². The molecule has 3 aromatic rings. The molecule has 1 aromatic heterocycles. The summed E-state index contributed by atoms with van der Waals surface area (Å²) in [5.74, 6) is 1.13. The fraction of sp³-hybridized carbons (Fsp3) is 0.174. The van der Waals surface area contributed by atoms with Gasteiger partial charge in [-0.3, -0.25) is 4.79 Å². The zero-order valence-corrected chi connectivity index (χ0v) is 26.5. The number of carbonyl (C=O) groups is 2. The van der Waals surface area contributed by atoms with Gasteiger partial charge < -0.3 is 25.1 Å². The number of benzene rings is 2. The summed E-state index contributed by atoms with van der Waals surface area (Å²) < 4.78 is 18.9. The zero-order valence-electron chi connectivity index (χ0n) is 18.4. The Balaban J connectivity index is 1.51. The number of carbonyl (C=O) groups excluding carboxylic acids is 1. The molecule has 0 bridgehead atoms. The highest BCUT2D eigenvalue weighted by Gasteiger charge is 2.17. The van der Waals surface area contributed by atoms with E-state index in [0.29, 0.717) is 26.6 Å². The van der Waals surface area contributed by atoms with E-state index in [1.165, 1.54) is 21.6 Å². The quantitative estimate of drug-likeness (QED) is 0.0718.